The van der Waals surface area contributed by atoms with Gasteiger partial charge >= 0.3 is 0 Å². The van der Waals surface area contributed by atoms with Gasteiger partial charge in [-0.1, -0.05) is 30.3 Å². The van der Waals surface area contributed by atoms with Gasteiger partial charge in [0.2, 0.25) is 0 Å². The van der Waals surface area contributed by atoms with Gasteiger partial charge in [-0.2, -0.15) is 0 Å². The third kappa shape index (κ3) is 4.66. The average Bonchev–Trinajstić information content (AvgIpc) is 2.34. The first-order valence-corrected chi connectivity index (χ1v) is 7.48. The van der Waals surface area contributed by atoms with Crippen LogP contribution in [0.15, 0.2) is 30.3 Å². The molecule has 3 nitrogen and oxygen atoms in total. The van der Waals surface area contributed by atoms with Crippen LogP contribution in [0.25, 0.3) is 0 Å². The van der Waals surface area contributed by atoms with Crippen LogP contribution < -0.4 is 0 Å². The lowest BCUT2D eigenvalue weighted by Crippen LogP contribution is -2.33. The smallest absolute Gasteiger partial charge is 0.259 e. The Kier molecular flexibility index (Phi) is 6.80. The van der Waals surface area contributed by atoms with E-state index in [-0.39, 0.29) is 0 Å². The van der Waals surface area contributed by atoms with Crippen molar-refractivity contribution in [3.8, 4) is 0 Å². The summed E-state index contributed by atoms with van der Waals surface area (Å²) >= 11 is 0. The van der Waals surface area contributed by atoms with Crippen molar-refractivity contribution >= 4 is 8.53 Å². The lowest BCUT2D eigenvalue weighted by atomic mass is 10.2. The molecule has 1 aromatic rings. The van der Waals surface area contributed by atoms with Crippen molar-refractivity contribution in [2.75, 3.05) is 7.11 Å². The topological polar surface area (TPSA) is 21.7 Å². The summed E-state index contributed by atoms with van der Waals surface area (Å²) in [5, 5.41) is 0. The molecule has 102 valence electrons. The van der Waals surface area contributed by atoms with Crippen LogP contribution in [0.5, 0.6) is 0 Å². The first kappa shape index (κ1) is 15.6. The van der Waals surface area contributed by atoms with Gasteiger partial charge in [0.25, 0.3) is 8.53 Å². The van der Waals surface area contributed by atoms with Gasteiger partial charge in [-0.05, 0) is 33.3 Å². The molecule has 0 heterocycles. The van der Waals surface area contributed by atoms with Crippen molar-refractivity contribution in [2.45, 2.75) is 46.4 Å². The molecular weight excluding hydrogens is 245 g/mol. The molecule has 0 aliphatic heterocycles. The van der Waals surface area contributed by atoms with E-state index in [4.69, 9.17) is 9.05 Å². The van der Waals surface area contributed by atoms with Crippen molar-refractivity contribution in [1.82, 2.24) is 4.67 Å². The molecule has 0 amide bonds. The van der Waals surface area contributed by atoms with E-state index in [1.165, 1.54) is 5.56 Å². The van der Waals surface area contributed by atoms with Crippen molar-refractivity contribution in [2.24, 2.45) is 0 Å². The minimum absolute atomic E-state index is 0.409. The zero-order chi connectivity index (χ0) is 13.5. The predicted octanol–water partition coefficient (Wildman–Crippen LogP) is 4.20. The molecule has 0 aliphatic carbocycles. The van der Waals surface area contributed by atoms with Crippen LogP contribution in [0.3, 0.4) is 0 Å². The van der Waals surface area contributed by atoms with Gasteiger partial charge in [0.1, 0.15) is 0 Å². The summed E-state index contributed by atoms with van der Waals surface area (Å²) in [4.78, 5) is 0. The summed E-state index contributed by atoms with van der Waals surface area (Å²) in [7, 11) is 0.726. The Morgan fingerprint density at radius 3 is 2.06 bits per heavy atom. The fraction of sp³-hybridized carbons (Fsp3) is 0.571. The SMILES string of the molecule is COP(OCc1ccccc1)N(C(C)C)C(C)C. The number of hydrogen-bond donors (Lipinski definition) is 0. The quantitative estimate of drug-likeness (QED) is 0.693. The monoisotopic (exact) mass is 269 g/mol. The summed E-state index contributed by atoms with van der Waals surface area (Å²) < 4.78 is 13.7. The van der Waals surface area contributed by atoms with Gasteiger partial charge in [0.05, 0.1) is 6.61 Å². The minimum atomic E-state index is -0.991. The summed E-state index contributed by atoms with van der Waals surface area (Å²) in [6.07, 6.45) is 0. The maximum atomic E-state index is 5.93. The van der Waals surface area contributed by atoms with Crippen LogP contribution >= 0.6 is 8.53 Å². The lowest BCUT2D eigenvalue weighted by Gasteiger charge is -2.34. The van der Waals surface area contributed by atoms with Crippen molar-refractivity contribution in [3.05, 3.63) is 35.9 Å². The molecule has 18 heavy (non-hydrogen) atoms. The molecule has 0 fully saturated rings. The predicted molar refractivity (Wildman–Crippen MR) is 77.3 cm³/mol. The summed E-state index contributed by atoms with van der Waals surface area (Å²) in [6, 6.07) is 11.0. The highest BCUT2D eigenvalue weighted by Crippen LogP contribution is 2.45. The van der Waals surface area contributed by atoms with Crippen LogP contribution in [0.2, 0.25) is 0 Å². The molecule has 0 N–H and O–H groups in total. The van der Waals surface area contributed by atoms with E-state index < -0.39 is 8.53 Å². The molecule has 1 unspecified atom stereocenters. The van der Waals surface area contributed by atoms with Gasteiger partial charge < -0.3 is 9.05 Å². The molecule has 0 saturated heterocycles. The molecule has 0 aromatic heterocycles. The molecule has 1 atom stereocenters. The highest BCUT2D eigenvalue weighted by molar-refractivity contribution is 7.44. The largest absolute Gasteiger partial charge is 0.325 e. The van der Waals surface area contributed by atoms with Crippen LogP contribution in [-0.2, 0) is 15.7 Å². The normalized spacial score (nSPS) is 13.6. The van der Waals surface area contributed by atoms with Crippen LogP contribution in [0.4, 0.5) is 0 Å². The van der Waals surface area contributed by atoms with Gasteiger partial charge in [0, 0.05) is 19.2 Å². The molecule has 0 radical (unpaired) electrons. The van der Waals surface area contributed by atoms with Crippen LogP contribution in [0, 0.1) is 0 Å². The molecule has 0 spiro atoms. The Hall–Kier alpha value is -0.470. The molecule has 1 rings (SSSR count). The number of nitrogens with zero attached hydrogens (tertiary/aromatic N) is 1. The molecule has 4 heteroatoms. The Bertz CT molecular complexity index is 322. The Morgan fingerprint density at radius 1 is 1.06 bits per heavy atom. The van der Waals surface area contributed by atoms with Crippen LogP contribution in [0.1, 0.15) is 33.3 Å². The molecule has 0 bridgehead atoms. The second kappa shape index (κ2) is 7.85. The van der Waals surface area contributed by atoms with Crippen molar-refractivity contribution in [1.29, 1.82) is 0 Å². The van der Waals surface area contributed by atoms with E-state index in [0.717, 1.165) is 0 Å². The summed E-state index contributed by atoms with van der Waals surface area (Å²) in [5.41, 5.74) is 1.18. The zero-order valence-corrected chi connectivity index (χ0v) is 12.9. The average molecular weight is 269 g/mol. The first-order chi connectivity index (χ1) is 8.56. The van der Waals surface area contributed by atoms with E-state index in [0.29, 0.717) is 18.7 Å². The van der Waals surface area contributed by atoms with E-state index in [2.05, 4.69) is 44.5 Å². The van der Waals surface area contributed by atoms with Crippen molar-refractivity contribution in [3.63, 3.8) is 0 Å². The first-order valence-electron chi connectivity index (χ1n) is 6.35. The molecule has 1 aromatic carbocycles. The summed E-state index contributed by atoms with van der Waals surface area (Å²) in [5.74, 6) is 0. The minimum Gasteiger partial charge on any atom is -0.325 e. The Morgan fingerprint density at radius 2 is 1.61 bits per heavy atom. The zero-order valence-electron chi connectivity index (χ0n) is 12.0. The maximum Gasteiger partial charge on any atom is 0.259 e. The molecule has 0 saturated carbocycles. The van der Waals surface area contributed by atoms with Gasteiger partial charge in [0.15, 0.2) is 0 Å². The third-order valence-corrected chi connectivity index (χ3v) is 4.55. The van der Waals surface area contributed by atoms with E-state index >= 15 is 0 Å². The number of rotatable bonds is 7. The number of benzene rings is 1. The number of hydrogen-bond acceptors (Lipinski definition) is 3. The lowest BCUT2D eigenvalue weighted by molar-refractivity contribution is 0.189. The standard InChI is InChI=1S/C14H24NO2P/c1-12(2)15(13(3)4)18(16-5)17-11-14-9-7-6-8-10-14/h6-10,12-13H,11H2,1-5H3. The Labute approximate surface area is 112 Å². The third-order valence-electron chi connectivity index (χ3n) is 2.59. The highest BCUT2D eigenvalue weighted by atomic mass is 31.2. The second-order valence-electron chi connectivity index (χ2n) is 4.75. The Balaban J connectivity index is 2.60. The second-order valence-corrected chi connectivity index (χ2v) is 6.31. The van der Waals surface area contributed by atoms with Gasteiger partial charge in [-0.25, -0.2) is 4.67 Å². The fourth-order valence-electron chi connectivity index (χ4n) is 1.89. The van der Waals surface area contributed by atoms with E-state index in [1.54, 1.807) is 7.11 Å². The van der Waals surface area contributed by atoms with Gasteiger partial charge in [-0.3, -0.25) is 0 Å². The summed E-state index contributed by atoms with van der Waals surface area (Å²) in [6.45, 7) is 9.26. The highest BCUT2D eigenvalue weighted by Gasteiger charge is 2.25. The molecule has 0 aliphatic rings. The van der Waals surface area contributed by atoms with Crippen LogP contribution in [-0.4, -0.2) is 23.9 Å². The van der Waals surface area contributed by atoms with Crippen molar-refractivity contribution < 1.29 is 9.05 Å². The van der Waals surface area contributed by atoms with E-state index in [9.17, 15) is 0 Å². The molecular formula is C14H24NO2P. The van der Waals surface area contributed by atoms with Gasteiger partial charge in [-0.15, -0.1) is 0 Å². The maximum absolute atomic E-state index is 5.93. The fourth-order valence-corrected chi connectivity index (χ4v) is 3.33. The van der Waals surface area contributed by atoms with E-state index in [1.807, 2.05) is 18.2 Å².